The minimum absolute atomic E-state index is 0.445. The molecule has 0 aliphatic carbocycles. The van der Waals surface area contributed by atoms with Crippen LogP contribution in [0.5, 0.6) is 0 Å². The second-order valence-corrected chi connectivity index (χ2v) is 5.91. The second-order valence-electron chi connectivity index (χ2n) is 4.85. The van der Waals surface area contributed by atoms with E-state index in [1.807, 2.05) is 37.4 Å². The maximum atomic E-state index is 11.1. The van der Waals surface area contributed by atoms with Gasteiger partial charge >= 0.3 is 8.03 Å². The Labute approximate surface area is 124 Å². The van der Waals surface area contributed by atoms with Crippen molar-refractivity contribution < 1.29 is 9.46 Å². The van der Waals surface area contributed by atoms with Gasteiger partial charge in [0.05, 0.1) is 0 Å². The first-order valence-corrected chi connectivity index (χ1v) is 7.86. The first-order valence-electron chi connectivity index (χ1n) is 6.64. The molecule has 1 N–H and O–H groups in total. The average molecular weight is 296 g/mol. The molecule has 3 rings (SSSR count). The Hall–Kier alpha value is -2.22. The van der Waals surface area contributed by atoms with Gasteiger partial charge in [-0.05, 0) is 40.3 Å². The topological polar surface area (TPSA) is 40.5 Å². The highest BCUT2D eigenvalue weighted by atomic mass is 31.1. The molecule has 0 heterocycles. The Morgan fingerprint density at radius 2 is 1.57 bits per heavy atom. The molecule has 3 aromatic carbocycles. The fourth-order valence-electron chi connectivity index (χ4n) is 2.44. The Kier molecular flexibility index (Phi) is 3.70. The maximum absolute atomic E-state index is 11.1. The number of fused-ring (bicyclic) bond motifs is 1. The van der Waals surface area contributed by atoms with E-state index in [2.05, 4.69) is 29.2 Å². The predicted molar refractivity (Wildman–Crippen MR) is 87.9 cm³/mol. The largest absolute Gasteiger partial charge is 0.546 e. The van der Waals surface area contributed by atoms with Gasteiger partial charge < -0.3 is 4.90 Å². The molecule has 0 bridgehead atoms. The number of rotatable bonds is 3. The van der Waals surface area contributed by atoms with Crippen LogP contribution in [0.4, 0.5) is 11.4 Å². The SMILES string of the molecule is CN(c1ccc([P+](=O)O)cc1)c1cccc2ccccc12. The molecule has 3 nitrogen and oxygen atoms in total. The van der Waals surface area contributed by atoms with Crippen LogP contribution in [0.2, 0.25) is 0 Å². The first-order chi connectivity index (χ1) is 10.2. The number of hydrogen-bond donors (Lipinski definition) is 1. The summed E-state index contributed by atoms with van der Waals surface area (Å²) in [5.74, 6) is 0. The van der Waals surface area contributed by atoms with Crippen molar-refractivity contribution in [3.05, 3.63) is 66.7 Å². The van der Waals surface area contributed by atoms with Crippen LogP contribution >= 0.6 is 8.03 Å². The molecule has 104 valence electrons. The molecule has 1 atom stereocenters. The van der Waals surface area contributed by atoms with Crippen molar-refractivity contribution in [2.45, 2.75) is 0 Å². The normalized spacial score (nSPS) is 11.4. The second kappa shape index (κ2) is 5.65. The molecule has 1 unspecified atom stereocenters. The van der Waals surface area contributed by atoms with Crippen molar-refractivity contribution in [3.63, 3.8) is 0 Å². The van der Waals surface area contributed by atoms with E-state index >= 15 is 0 Å². The molecule has 3 aromatic rings. The first kappa shape index (κ1) is 13.7. The van der Waals surface area contributed by atoms with Crippen molar-refractivity contribution in [3.8, 4) is 0 Å². The van der Waals surface area contributed by atoms with E-state index in [1.54, 1.807) is 12.1 Å². The Balaban J connectivity index is 2.04. The summed E-state index contributed by atoms with van der Waals surface area (Å²) in [6, 6.07) is 21.5. The molecular weight excluding hydrogens is 281 g/mol. The summed E-state index contributed by atoms with van der Waals surface area (Å²) < 4.78 is 11.1. The van der Waals surface area contributed by atoms with E-state index in [1.165, 1.54) is 10.8 Å². The van der Waals surface area contributed by atoms with E-state index < -0.39 is 8.03 Å². The molecule has 4 heteroatoms. The molecule has 0 saturated carbocycles. The third-order valence-corrected chi connectivity index (χ3v) is 4.33. The highest BCUT2D eigenvalue weighted by Crippen LogP contribution is 2.31. The lowest BCUT2D eigenvalue weighted by atomic mass is 10.1. The molecule has 0 spiro atoms. The monoisotopic (exact) mass is 296 g/mol. The van der Waals surface area contributed by atoms with E-state index in [0.717, 1.165) is 11.4 Å². The molecule has 0 radical (unpaired) electrons. The number of nitrogens with zero attached hydrogens (tertiary/aromatic N) is 1. The summed E-state index contributed by atoms with van der Waals surface area (Å²) in [7, 11) is -0.283. The van der Waals surface area contributed by atoms with Gasteiger partial charge in [0.1, 0.15) is 0 Å². The van der Waals surface area contributed by atoms with E-state index in [4.69, 9.17) is 4.89 Å². The van der Waals surface area contributed by atoms with Gasteiger partial charge in [-0.25, -0.2) is 0 Å². The average Bonchev–Trinajstić information content (AvgIpc) is 2.53. The number of benzene rings is 3. The van der Waals surface area contributed by atoms with E-state index in [9.17, 15) is 4.57 Å². The molecule has 0 aliphatic heterocycles. The summed E-state index contributed by atoms with van der Waals surface area (Å²) >= 11 is 0. The summed E-state index contributed by atoms with van der Waals surface area (Å²) in [6.45, 7) is 0. The van der Waals surface area contributed by atoms with Crippen molar-refractivity contribution in [1.82, 2.24) is 0 Å². The molecule has 0 fully saturated rings. The van der Waals surface area contributed by atoms with Gasteiger partial charge in [0.2, 0.25) is 5.30 Å². The summed E-state index contributed by atoms with van der Waals surface area (Å²) in [5.41, 5.74) is 2.08. The zero-order valence-electron chi connectivity index (χ0n) is 11.6. The summed E-state index contributed by atoms with van der Waals surface area (Å²) in [4.78, 5) is 11.2. The number of anilines is 2. The van der Waals surface area contributed by atoms with Crippen LogP contribution in [0.25, 0.3) is 10.8 Å². The van der Waals surface area contributed by atoms with Crippen molar-refractivity contribution >= 4 is 35.5 Å². The van der Waals surface area contributed by atoms with Crippen LogP contribution in [-0.4, -0.2) is 11.9 Å². The summed E-state index contributed by atoms with van der Waals surface area (Å²) in [6.07, 6.45) is 0. The Morgan fingerprint density at radius 1 is 0.905 bits per heavy atom. The van der Waals surface area contributed by atoms with Crippen LogP contribution < -0.4 is 10.2 Å². The van der Waals surface area contributed by atoms with Crippen molar-refractivity contribution in [2.24, 2.45) is 0 Å². The van der Waals surface area contributed by atoms with Crippen molar-refractivity contribution in [2.75, 3.05) is 11.9 Å². The fraction of sp³-hybridized carbons (Fsp3) is 0.0588. The molecule has 0 aliphatic rings. The van der Waals surface area contributed by atoms with E-state index in [0.29, 0.717) is 5.30 Å². The van der Waals surface area contributed by atoms with Gasteiger partial charge in [-0.1, -0.05) is 36.4 Å². The third-order valence-electron chi connectivity index (χ3n) is 3.59. The highest BCUT2D eigenvalue weighted by molar-refractivity contribution is 7.47. The zero-order chi connectivity index (χ0) is 14.8. The van der Waals surface area contributed by atoms with Gasteiger partial charge in [0, 0.05) is 23.8 Å². The third kappa shape index (κ3) is 2.66. The Bertz CT molecular complexity index is 794. The standard InChI is InChI=1S/C17H14NO2P/c1-18(14-9-11-15(12-10-14)21(19)20)17-8-4-6-13-5-2-3-7-16(13)17/h2-12H,1H3/p+1. The van der Waals surface area contributed by atoms with Crippen LogP contribution in [0, 0.1) is 0 Å². The molecule has 21 heavy (non-hydrogen) atoms. The lowest BCUT2D eigenvalue weighted by Crippen LogP contribution is -2.10. The lowest BCUT2D eigenvalue weighted by Gasteiger charge is -2.21. The predicted octanol–water partition coefficient (Wildman–Crippen LogP) is 3.97. The van der Waals surface area contributed by atoms with Crippen LogP contribution in [-0.2, 0) is 4.57 Å². The van der Waals surface area contributed by atoms with Crippen LogP contribution in [0.3, 0.4) is 0 Å². The quantitative estimate of drug-likeness (QED) is 0.743. The highest BCUT2D eigenvalue weighted by Gasteiger charge is 2.16. The molecule has 0 aromatic heterocycles. The van der Waals surface area contributed by atoms with Gasteiger partial charge in [-0.3, -0.25) is 0 Å². The zero-order valence-corrected chi connectivity index (χ0v) is 12.5. The number of hydrogen-bond acceptors (Lipinski definition) is 2. The van der Waals surface area contributed by atoms with Gasteiger partial charge in [-0.15, -0.1) is 0 Å². The molecule has 0 amide bonds. The summed E-state index contributed by atoms with van der Waals surface area (Å²) in [5, 5.41) is 2.82. The maximum Gasteiger partial charge on any atom is 0.546 e. The van der Waals surface area contributed by atoms with Gasteiger partial charge in [0.25, 0.3) is 0 Å². The van der Waals surface area contributed by atoms with Gasteiger partial charge in [0.15, 0.2) is 0 Å². The van der Waals surface area contributed by atoms with Crippen LogP contribution in [0.15, 0.2) is 66.7 Å². The molecular formula is C17H15NO2P+. The van der Waals surface area contributed by atoms with Gasteiger partial charge in [-0.2, -0.15) is 4.89 Å². The molecule has 0 saturated heterocycles. The minimum Gasteiger partial charge on any atom is -0.344 e. The van der Waals surface area contributed by atoms with Crippen molar-refractivity contribution in [1.29, 1.82) is 0 Å². The van der Waals surface area contributed by atoms with Crippen LogP contribution in [0.1, 0.15) is 0 Å². The lowest BCUT2D eigenvalue weighted by molar-refractivity contribution is 0.513. The Morgan fingerprint density at radius 3 is 2.29 bits per heavy atom. The fourth-order valence-corrected chi connectivity index (χ4v) is 2.85. The smallest absolute Gasteiger partial charge is 0.344 e. The minimum atomic E-state index is -2.28. The van der Waals surface area contributed by atoms with E-state index in [-0.39, 0.29) is 0 Å².